The second-order valence-corrected chi connectivity index (χ2v) is 6.69. The molecule has 0 atom stereocenters. The van der Waals surface area contributed by atoms with E-state index in [0.29, 0.717) is 11.7 Å². The summed E-state index contributed by atoms with van der Waals surface area (Å²) in [6.07, 6.45) is 0. The van der Waals surface area contributed by atoms with Crippen LogP contribution in [0, 0.1) is 13.8 Å². The molecule has 0 spiro atoms. The summed E-state index contributed by atoms with van der Waals surface area (Å²) in [5.41, 5.74) is 5.04. The van der Waals surface area contributed by atoms with Crippen LogP contribution in [0.2, 0.25) is 0 Å². The zero-order chi connectivity index (χ0) is 16.5. The van der Waals surface area contributed by atoms with Crippen LogP contribution in [0.25, 0.3) is 34.1 Å². The van der Waals surface area contributed by atoms with Gasteiger partial charge in [0.05, 0.1) is 10.7 Å². The van der Waals surface area contributed by atoms with E-state index in [4.69, 9.17) is 4.52 Å². The Bertz CT molecular complexity index is 1000. The molecule has 0 aliphatic rings. The second-order valence-electron chi connectivity index (χ2n) is 5.63. The fourth-order valence-corrected chi connectivity index (χ4v) is 3.17. The summed E-state index contributed by atoms with van der Waals surface area (Å²) in [5, 5.41) is 7.24. The molecule has 0 aliphatic heterocycles. The lowest BCUT2D eigenvalue weighted by Crippen LogP contribution is -1.84. The Balaban J connectivity index is 1.70. The zero-order valence-electron chi connectivity index (χ0n) is 13.4. The highest BCUT2D eigenvalue weighted by Gasteiger charge is 2.12. The number of aromatic nitrogens is 3. The van der Waals surface area contributed by atoms with Crippen molar-refractivity contribution < 1.29 is 4.52 Å². The highest BCUT2D eigenvalue weighted by atomic mass is 32.1. The van der Waals surface area contributed by atoms with Gasteiger partial charge in [0.1, 0.15) is 0 Å². The fraction of sp³-hybridized carbons (Fsp3) is 0.105. The Morgan fingerprint density at radius 2 is 1.67 bits per heavy atom. The monoisotopic (exact) mass is 333 g/mol. The number of benzene rings is 2. The summed E-state index contributed by atoms with van der Waals surface area (Å²) in [7, 11) is 0. The van der Waals surface area contributed by atoms with E-state index in [9.17, 15) is 0 Å². The highest BCUT2D eigenvalue weighted by Crippen LogP contribution is 2.27. The van der Waals surface area contributed by atoms with Gasteiger partial charge in [0.15, 0.2) is 0 Å². The van der Waals surface area contributed by atoms with Crippen LogP contribution >= 0.6 is 11.3 Å². The molecule has 0 fully saturated rings. The smallest absolute Gasteiger partial charge is 0.258 e. The van der Waals surface area contributed by atoms with Crippen molar-refractivity contribution in [3.05, 3.63) is 64.5 Å². The van der Waals surface area contributed by atoms with Crippen molar-refractivity contribution in [1.82, 2.24) is 15.1 Å². The lowest BCUT2D eigenvalue weighted by Gasteiger charge is -1.99. The predicted octanol–water partition coefficient (Wildman–Crippen LogP) is 5.14. The number of thiazole rings is 1. The summed E-state index contributed by atoms with van der Waals surface area (Å²) in [4.78, 5) is 9.07. The van der Waals surface area contributed by atoms with Crippen molar-refractivity contribution in [2.75, 3.05) is 0 Å². The highest BCUT2D eigenvalue weighted by molar-refractivity contribution is 7.09. The number of nitrogens with zero attached hydrogens (tertiary/aromatic N) is 3. The zero-order valence-corrected chi connectivity index (χ0v) is 14.2. The maximum atomic E-state index is 5.44. The number of hydrogen-bond acceptors (Lipinski definition) is 5. The van der Waals surface area contributed by atoms with Gasteiger partial charge in [-0.25, -0.2) is 4.98 Å². The standard InChI is InChI=1S/C19H15N3OS/c1-12-5-3-8-16(9-12)19-21-18(22-23-19)15-7-4-6-14(10-15)17-11-24-13(2)20-17/h3-11H,1-2H3. The Labute approximate surface area is 143 Å². The maximum Gasteiger partial charge on any atom is 0.258 e. The van der Waals surface area contributed by atoms with Gasteiger partial charge < -0.3 is 4.52 Å². The first-order valence-electron chi connectivity index (χ1n) is 7.63. The van der Waals surface area contributed by atoms with Crippen LogP contribution in [0.5, 0.6) is 0 Å². The van der Waals surface area contributed by atoms with E-state index in [1.165, 1.54) is 0 Å². The first-order valence-corrected chi connectivity index (χ1v) is 8.51. The van der Waals surface area contributed by atoms with Gasteiger partial charge in [0.2, 0.25) is 5.82 Å². The summed E-state index contributed by atoms with van der Waals surface area (Å²) in [5.74, 6) is 1.11. The van der Waals surface area contributed by atoms with Crippen LogP contribution in [-0.2, 0) is 0 Å². The minimum absolute atomic E-state index is 0.531. The van der Waals surface area contributed by atoms with Crippen molar-refractivity contribution in [2.24, 2.45) is 0 Å². The topological polar surface area (TPSA) is 51.8 Å². The molecule has 2 aromatic carbocycles. The summed E-state index contributed by atoms with van der Waals surface area (Å²) in [6, 6.07) is 16.1. The molecule has 0 amide bonds. The van der Waals surface area contributed by atoms with Crippen LogP contribution in [0.3, 0.4) is 0 Å². The fourth-order valence-electron chi connectivity index (χ4n) is 2.55. The lowest BCUT2D eigenvalue weighted by molar-refractivity contribution is 0.432. The van der Waals surface area contributed by atoms with E-state index in [0.717, 1.165) is 33.0 Å². The van der Waals surface area contributed by atoms with Gasteiger partial charge >= 0.3 is 0 Å². The molecule has 0 saturated heterocycles. The van der Waals surface area contributed by atoms with E-state index in [2.05, 4.69) is 20.5 Å². The Hall–Kier alpha value is -2.79. The Morgan fingerprint density at radius 1 is 0.875 bits per heavy atom. The molecule has 118 valence electrons. The van der Waals surface area contributed by atoms with E-state index in [1.54, 1.807) is 11.3 Å². The summed E-state index contributed by atoms with van der Waals surface area (Å²) < 4.78 is 5.44. The molecule has 4 rings (SSSR count). The van der Waals surface area contributed by atoms with Crippen LogP contribution < -0.4 is 0 Å². The largest absolute Gasteiger partial charge is 0.334 e. The minimum atomic E-state index is 0.531. The molecule has 2 heterocycles. The van der Waals surface area contributed by atoms with E-state index in [-0.39, 0.29) is 0 Å². The average molecular weight is 333 g/mol. The van der Waals surface area contributed by atoms with Crippen molar-refractivity contribution in [2.45, 2.75) is 13.8 Å². The summed E-state index contributed by atoms with van der Waals surface area (Å²) >= 11 is 1.64. The third kappa shape index (κ3) is 2.86. The Morgan fingerprint density at radius 3 is 2.46 bits per heavy atom. The van der Waals surface area contributed by atoms with Gasteiger partial charge in [0, 0.05) is 22.1 Å². The van der Waals surface area contributed by atoms with Gasteiger partial charge in [-0.2, -0.15) is 4.98 Å². The quantitative estimate of drug-likeness (QED) is 0.520. The molecule has 0 aliphatic carbocycles. The first kappa shape index (κ1) is 14.8. The van der Waals surface area contributed by atoms with Crippen LogP contribution in [0.15, 0.2) is 58.4 Å². The second kappa shape index (κ2) is 6.02. The van der Waals surface area contributed by atoms with Gasteiger partial charge in [-0.15, -0.1) is 11.3 Å². The molecule has 4 nitrogen and oxygen atoms in total. The van der Waals surface area contributed by atoms with Crippen LogP contribution in [0.4, 0.5) is 0 Å². The molecule has 0 bridgehead atoms. The maximum absolute atomic E-state index is 5.44. The lowest BCUT2D eigenvalue weighted by atomic mass is 10.1. The number of hydrogen-bond donors (Lipinski definition) is 0. The predicted molar refractivity (Wildman–Crippen MR) is 95.8 cm³/mol. The third-order valence-electron chi connectivity index (χ3n) is 3.73. The molecule has 5 heteroatoms. The van der Waals surface area contributed by atoms with Gasteiger partial charge in [-0.3, -0.25) is 0 Å². The van der Waals surface area contributed by atoms with Crippen molar-refractivity contribution in [1.29, 1.82) is 0 Å². The van der Waals surface area contributed by atoms with Crippen LogP contribution in [0.1, 0.15) is 10.6 Å². The number of aryl methyl sites for hydroxylation is 2. The third-order valence-corrected chi connectivity index (χ3v) is 4.50. The van der Waals surface area contributed by atoms with E-state index >= 15 is 0 Å². The first-order chi connectivity index (χ1) is 11.7. The molecule has 4 aromatic rings. The van der Waals surface area contributed by atoms with E-state index in [1.807, 2.05) is 62.4 Å². The van der Waals surface area contributed by atoms with Crippen LogP contribution in [-0.4, -0.2) is 15.1 Å². The molecule has 0 saturated carbocycles. The average Bonchev–Trinajstić information content (AvgIpc) is 3.24. The Kier molecular flexibility index (Phi) is 3.70. The molecule has 24 heavy (non-hydrogen) atoms. The molecule has 0 unspecified atom stereocenters. The molecular formula is C19H15N3OS. The SMILES string of the molecule is Cc1cccc(-c2nc(-c3cccc(-c4csc(C)n4)c3)no2)c1. The van der Waals surface area contributed by atoms with Crippen molar-refractivity contribution in [3.63, 3.8) is 0 Å². The van der Waals surface area contributed by atoms with Crippen molar-refractivity contribution >= 4 is 11.3 Å². The minimum Gasteiger partial charge on any atom is -0.334 e. The molecule has 2 aromatic heterocycles. The van der Waals surface area contributed by atoms with Gasteiger partial charge in [-0.1, -0.05) is 41.1 Å². The molecule has 0 radical (unpaired) electrons. The molecule has 0 N–H and O–H groups in total. The summed E-state index contributed by atoms with van der Waals surface area (Å²) in [6.45, 7) is 4.05. The number of rotatable bonds is 3. The molecular weight excluding hydrogens is 318 g/mol. The normalized spacial score (nSPS) is 10.9. The van der Waals surface area contributed by atoms with Gasteiger partial charge in [-0.05, 0) is 32.0 Å². The van der Waals surface area contributed by atoms with E-state index < -0.39 is 0 Å². The van der Waals surface area contributed by atoms with Crippen molar-refractivity contribution in [3.8, 4) is 34.1 Å². The van der Waals surface area contributed by atoms with Gasteiger partial charge in [0.25, 0.3) is 5.89 Å².